The maximum Gasteiger partial charge on any atom is 0.300 e. The summed E-state index contributed by atoms with van der Waals surface area (Å²) in [5.41, 5.74) is 2.02. The number of aromatic nitrogens is 1. The summed E-state index contributed by atoms with van der Waals surface area (Å²) in [6, 6.07) is 14.6. The molecular formula is C25H19FN2O4. The lowest BCUT2D eigenvalue weighted by molar-refractivity contribution is -0.132. The molecule has 2 atom stereocenters. The summed E-state index contributed by atoms with van der Waals surface area (Å²) in [6.07, 6.45) is 2.26. The molecule has 1 fully saturated rings. The molecule has 3 heterocycles. The highest BCUT2D eigenvalue weighted by Crippen LogP contribution is 2.42. The molecule has 0 aliphatic carbocycles. The first-order chi connectivity index (χ1) is 15.4. The predicted molar refractivity (Wildman–Crippen MR) is 116 cm³/mol. The van der Waals surface area contributed by atoms with Crippen LogP contribution in [0.2, 0.25) is 0 Å². The van der Waals surface area contributed by atoms with Gasteiger partial charge in [0.05, 0.1) is 11.3 Å². The molecule has 2 aromatic carbocycles. The number of Topliss-reactive ketones (excluding diaryl/α,β-unsaturated/α-hetero) is 1. The number of pyridine rings is 1. The van der Waals surface area contributed by atoms with Crippen LogP contribution in [-0.2, 0) is 16.0 Å². The molecule has 0 saturated carbocycles. The van der Waals surface area contributed by atoms with Crippen LogP contribution in [0, 0.1) is 5.82 Å². The zero-order valence-corrected chi connectivity index (χ0v) is 17.2. The van der Waals surface area contributed by atoms with Crippen LogP contribution in [0.5, 0.6) is 5.75 Å². The van der Waals surface area contributed by atoms with E-state index in [1.165, 1.54) is 29.2 Å². The van der Waals surface area contributed by atoms with Gasteiger partial charge >= 0.3 is 0 Å². The predicted octanol–water partition coefficient (Wildman–Crippen LogP) is 4.17. The summed E-state index contributed by atoms with van der Waals surface area (Å²) in [4.78, 5) is 31.7. The number of aliphatic hydroxyl groups is 1. The van der Waals surface area contributed by atoms with E-state index in [9.17, 15) is 19.1 Å². The highest BCUT2D eigenvalue weighted by atomic mass is 19.1. The molecular weight excluding hydrogens is 411 g/mol. The third-order valence-corrected chi connectivity index (χ3v) is 5.69. The Morgan fingerprint density at radius 1 is 1.12 bits per heavy atom. The number of ether oxygens (including phenoxy) is 1. The molecule has 2 aliphatic rings. The van der Waals surface area contributed by atoms with Crippen molar-refractivity contribution in [1.82, 2.24) is 4.98 Å². The van der Waals surface area contributed by atoms with E-state index in [0.717, 1.165) is 11.3 Å². The Hall–Kier alpha value is -4.00. The normalized spacial score (nSPS) is 21.5. The molecule has 0 spiro atoms. The molecule has 2 aliphatic heterocycles. The van der Waals surface area contributed by atoms with Crippen molar-refractivity contribution in [2.75, 3.05) is 4.90 Å². The molecule has 5 rings (SSSR count). The molecule has 3 aromatic rings. The Morgan fingerprint density at radius 3 is 2.62 bits per heavy atom. The molecule has 1 saturated heterocycles. The van der Waals surface area contributed by atoms with Crippen molar-refractivity contribution in [3.05, 3.63) is 95.1 Å². The van der Waals surface area contributed by atoms with Crippen molar-refractivity contribution in [3.8, 4) is 5.75 Å². The lowest BCUT2D eigenvalue weighted by atomic mass is 9.96. The van der Waals surface area contributed by atoms with E-state index in [0.29, 0.717) is 23.4 Å². The van der Waals surface area contributed by atoms with Crippen LogP contribution in [0.15, 0.2) is 72.4 Å². The van der Waals surface area contributed by atoms with E-state index in [-0.39, 0.29) is 17.4 Å². The quantitative estimate of drug-likeness (QED) is 0.383. The number of rotatable bonds is 3. The number of anilines is 1. The summed E-state index contributed by atoms with van der Waals surface area (Å²) in [7, 11) is 0. The average Bonchev–Trinajstić information content (AvgIpc) is 3.30. The number of hydrogen-bond donors (Lipinski definition) is 1. The number of carbonyl (C=O) groups excluding carboxylic acids is 2. The van der Waals surface area contributed by atoms with Crippen LogP contribution in [0.25, 0.3) is 5.76 Å². The molecule has 0 radical (unpaired) electrons. The monoisotopic (exact) mass is 430 g/mol. The first-order valence-electron chi connectivity index (χ1n) is 10.2. The Kier molecular flexibility index (Phi) is 4.74. The van der Waals surface area contributed by atoms with Crippen molar-refractivity contribution in [2.45, 2.75) is 25.5 Å². The number of nitrogens with zero attached hydrogens (tertiary/aromatic N) is 2. The van der Waals surface area contributed by atoms with Gasteiger partial charge in [-0.25, -0.2) is 4.39 Å². The zero-order chi connectivity index (χ0) is 22.4. The Balaban J connectivity index is 1.68. The van der Waals surface area contributed by atoms with Gasteiger partial charge in [-0.3, -0.25) is 19.5 Å². The Morgan fingerprint density at radius 2 is 1.91 bits per heavy atom. The smallest absolute Gasteiger partial charge is 0.300 e. The number of amides is 1. The summed E-state index contributed by atoms with van der Waals surface area (Å²) in [6.45, 7) is 1.95. The lowest BCUT2D eigenvalue weighted by Crippen LogP contribution is -2.29. The van der Waals surface area contributed by atoms with E-state index >= 15 is 0 Å². The summed E-state index contributed by atoms with van der Waals surface area (Å²) < 4.78 is 19.2. The van der Waals surface area contributed by atoms with Gasteiger partial charge in [-0.05, 0) is 67.1 Å². The van der Waals surface area contributed by atoms with E-state index in [2.05, 4.69) is 4.98 Å². The molecule has 0 bridgehead atoms. The maximum absolute atomic E-state index is 13.5. The molecule has 6 nitrogen and oxygen atoms in total. The maximum atomic E-state index is 13.5. The number of aliphatic hydroxyl groups excluding tert-OH is 1. The minimum atomic E-state index is -0.954. The standard InChI is InChI=1S/C25H19FN2O4/c1-14-12-16-13-15(5-10-20(16)32-14)23(29)21-22(19-4-2-3-11-27-19)28(25(31)24(21)30)18-8-6-17(26)7-9-18/h2-11,13-14,22,29H,12H2,1H3/b23-21-. The Labute approximate surface area is 183 Å². The SMILES string of the molecule is CC1Cc2cc(/C(O)=C3/C(=O)C(=O)N(c4ccc(F)cc4)C3c3ccccn3)ccc2O1. The second-order valence-electron chi connectivity index (χ2n) is 7.86. The summed E-state index contributed by atoms with van der Waals surface area (Å²) in [5, 5.41) is 11.2. The van der Waals surface area contributed by atoms with Crippen molar-refractivity contribution < 1.29 is 23.8 Å². The summed E-state index contributed by atoms with van der Waals surface area (Å²) in [5.74, 6) is -1.65. The molecule has 32 heavy (non-hydrogen) atoms. The van der Waals surface area contributed by atoms with Gasteiger partial charge in [0, 0.05) is 23.9 Å². The topological polar surface area (TPSA) is 79.7 Å². The molecule has 1 amide bonds. The van der Waals surface area contributed by atoms with Crippen LogP contribution in [-0.4, -0.2) is 27.9 Å². The number of benzene rings is 2. The van der Waals surface area contributed by atoms with Crippen LogP contribution < -0.4 is 9.64 Å². The fraction of sp³-hybridized carbons (Fsp3) is 0.160. The van der Waals surface area contributed by atoms with Gasteiger partial charge in [-0.1, -0.05) is 6.07 Å². The third kappa shape index (κ3) is 3.22. The number of carbonyl (C=O) groups is 2. The number of hydrogen-bond acceptors (Lipinski definition) is 5. The molecule has 7 heteroatoms. The fourth-order valence-corrected chi connectivity index (χ4v) is 4.24. The second-order valence-corrected chi connectivity index (χ2v) is 7.86. The van der Waals surface area contributed by atoms with Crippen molar-refractivity contribution in [2.24, 2.45) is 0 Å². The van der Waals surface area contributed by atoms with Crippen LogP contribution in [0.3, 0.4) is 0 Å². The highest BCUT2D eigenvalue weighted by Gasteiger charge is 2.47. The molecule has 160 valence electrons. The number of halogens is 1. The molecule has 2 unspecified atom stereocenters. The van der Waals surface area contributed by atoms with Crippen LogP contribution >= 0.6 is 0 Å². The van der Waals surface area contributed by atoms with E-state index < -0.39 is 23.5 Å². The third-order valence-electron chi connectivity index (χ3n) is 5.69. The van der Waals surface area contributed by atoms with Gasteiger partial charge in [0.25, 0.3) is 11.7 Å². The fourth-order valence-electron chi connectivity index (χ4n) is 4.24. The van der Waals surface area contributed by atoms with Crippen molar-refractivity contribution >= 4 is 23.1 Å². The van der Waals surface area contributed by atoms with Gasteiger partial charge in [0.2, 0.25) is 0 Å². The second kappa shape index (κ2) is 7.60. The van der Waals surface area contributed by atoms with Gasteiger partial charge in [0.1, 0.15) is 29.5 Å². The van der Waals surface area contributed by atoms with Crippen LogP contribution in [0.1, 0.15) is 29.8 Å². The number of fused-ring (bicyclic) bond motifs is 1. The highest BCUT2D eigenvalue weighted by molar-refractivity contribution is 6.51. The van der Waals surface area contributed by atoms with Crippen molar-refractivity contribution in [3.63, 3.8) is 0 Å². The first-order valence-corrected chi connectivity index (χ1v) is 10.2. The van der Waals surface area contributed by atoms with Gasteiger partial charge < -0.3 is 9.84 Å². The zero-order valence-electron chi connectivity index (χ0n) is 17.2. The van der Waals surface area contributed by atoms with E-state index in [1.54, 1.807) is 42.6 Å². The van der Waals surface area contributed by atoms with E-state index in [4.69, 9.17) is 4.74 Å². The van der Waals surface area contributed by atoms with Gasteiger partial charge in [0.15, 0.2) is 0 Å². The first kappa shape index (κ1) is 19.9. The molecule has 1 N–H and O–H groups in total. The average molecular weight is 430 g/mol. The minimum Gasteiger partial charge on any atom is -0.507 e. The lowest BCUT2D eigenvalue weighted by Gasteiger charge is -2.24. The Bertz CT molecular complexity index is 1250. The van der Waals surface area contributed by atoms with Gasteiger partial charge in [-0.2, -0.15) is 0 Å². The van der Waals surface area contributed by atoms with Crippen LogP contribution in [0.4, 0.5) is 10.1 Å². The van der Waals surface area contributed by atoms with Gasteiger partial charge in [-0.15, -0.1) is 0 Å². The minimum absolute atomic E-state index is 0.0278. The molecule has 1 aromatic heterocycles. The largest absolute Gasteiger partial charge is 0.507 e. The summed E-state index contributed by atoms with van der Waals surface area (Å²) >= 11 is 0. The van der Waals surface area contributed by atoms with E-state index in [1.807, 2.05) is 6.92 Å². The number of ketones is 1. The van der Waals surface area contributed by atoms with Crippen molar-refractivity contribution in [1.29, 1.82) is 0 Å².